The van der Waals surface area contributed by atoms with E-state index in [0.717, 1.165) is 24.2 Å². The van der Waals surface area contributed by atoms with Gasteiger partial charge in [-0.1, -0.05) is 5.16 Å². The Balaban J connectivity index is 1.53. The van der Waals surface area contributed by atoms with E-state index in [-0.39, 0.29) is 17.6 Å². The molecule has 27 heavy (non-hydrogen) atoms. The molecule has 7 nitrogen and oxygen atoms in total. The first-order valence-electron chi connectivity index (χ1n) is 8.92. The van der Waals surface area contributed by atoms with Gasteiger partial charge in [0.15, 0.2) is 5.82 Å². The van der Waals surface area contributed by atoms with Crippen molar-refractivity contribution in [3.8, 4) is 5.69 Å². The van der Waals surface area contributed by atoms with Gasteiger partial charge in [-0.3, -0.25) is 4.79 Å². The minimum absolute atomic E-state index is 0.0232. The van der Waals surface area contributed by atoms with Crippen LogP contribution in [-0.4, -0.2) is 43.8 Å². The van der Waals surface area contributed by atoms with Crippen LogP contribution >= 0.6 is 0 Å². The molecule has 1 fully saturated rings. The second-order valence-electron chi connectivity index (χ2n) is 6.79. The maximum atomic E-state index is 13.2. The van der Waals surface area contributed by atoms with Crippen molar-refractivity contribution < 1.29 is 13.7 Å². The van der Waals surface area contributed by atoms with Gasteiger partial charge in [0.25, 0.3) is 5.91 Å². The molecule has 140 valence electrons. The number of rotatable bonds is 3. The smallest absolute Gasteiger partial charge is 0.257 e. The molecule has 4 rings (SSSR count). The highest BCUT2D eigenvalue weighted by molar-refractivity contribution is 5.96. The highest BCUT2D eigenvalue weighted by atomic mass is 19.1. The number of aryl methyl sites for hydroxylation is 1. The molecule has 1 amide bonds. The van der Waals surface area contributed by atoms with Crippen molar-refractivity contribution in [2.45, 2.75) is 32.6 Å². The number of carbonyl (C=O) groups excluding carboxylic acids is 1. The quantitative estimate of drug-likeness (QED) is 0.709. The fourth-order valence-electron chi connectivity index (χ4n) is 3.64. The Hall–Kier alpha value is -3.03. The molecule has 0 bridgehead atoms. The van der Waals surface area contributed by atoms with Crippen molar-refractivity contribution in [2.75, 3.05) is 13.1 Å². The predicted molar refractivity (Wildman–Crippen MR) is 95.2 cm³/mol. The molecule has 3 heterocycles. The molecule has 0 N–H and O–H groups in total. The molecule has 3 aromatic rings. The molecular weight excluding hydrogens is 349 g/mol. The van der Waals surface area contributed by atoms with Gasteiger partial charge < -0.3 is 9.42 Å². The van der Waals surface area contributed by atoms with Crippen LogP contribution in [0.2, 0.25) is 0 Å². The Bertz CT molecular complexity index is 941. The lowest BCUT2D eigenvalue weighted by Crippen LogP contribution is -2.38. The van der Waals surface area contributed by atoms with Crippen molar-refractivity contribution >= 4 is 5.91 Å². The number of carbonyl (C=O) groups is 1. The molecule has 8 heteroatoms. The summed E-state index contributed by atoms with van der Waals surface area (Å²) in [6, 6.07) is 6.07. The Morgan fingerprint density at radius 2 is 1.89 bits per heavy atom. The summed E-state index contributed by atoms with van der Waals surface area (Å²) in [6.07, 6.45) is 2.94. The molecule has 0 unspecified atom stereocenters. The van der Waals surface area contributed by atoms with Crippen LogP contribution in [0.1, 0.15) is 46.3 Å². The van der Waals surface area contributed by atoms with Crippen molar-refractivity contribution in [1.82, 2.24) is 24.8 Å². The SMILES string of the molecule is Cc1nn(-c2ccc(F)cc2)c(C)c1C(=O)N1CCC(c2ncon2)CC1. The van der Waals surface area contributed by atoms with Gasteiger partial charge in [-0.25, -0.2) is 9.07 Å². The van der Waals surface area contributed by atoms with Crippen LogP contribution in [0.3, 0.4) is 0 Å². The number of benzene rings is 1. The molecule has 1 aliphatic heterocycles. The highest BCUT2D eigenvalue weighted by Gasteiger charge is 2.29. The second kappa shape index (κ2) is 6.94. The number of amides is 1. The number of halogens is 1. The number of aromatic nitrogens is 4. The summed E-state index contributed by atoms with van der Waals surface area (Å²) in [5.74, 6) is 0.599. The maximum absolute atomic E-state index is 13.2. The minimum atomic E-state index is -0.305. The molecule has 1 aliphatic rings. The standard InChI is InChI=1S/C19H20FN5O2/c1-12-17(13(2)25(22-12)16-5-3-15(20)4-6-16)19(26)24-9-7-14(8-10-24)18-21-11-27-23-18/h3-6,11,14H,7-10H2,1-2H3. The van der Waals surface area contributed by atoms with E-state index >= 15 is 0 Å². The summed E-state index contributed by atoms with van der Waals surface area (Å²) in [5, 5.41) is 8.41. The van der Waals surface area contributed by atoms with Crippen LogP contribution in [0.15, 0.2) is 35.2 Å². The average Bonchev–Trinajstić information content (AvgIpc) is 3.31. The number of hydrogen-bond donors (Lipinski definition) is 0. The maximum Gasteiger partial charge on any atom is 0.257 e. The number of likely N-dealkylation sites (tertiary alicyclic amines) is 1. The summed E-state index contributed by atoms with van der Waals surface area (Å²) in [7, 11) is 0. The molecule has 2 aromatic heterocycles. The van der Waals surface area contributed by atoms with Crippen LogP contribution in [0, 0.1) is 19.7 Å². The Kier molecular flexibility index (Phi) is 4.47. The summed E-state index contributed by atoms with van der Waals surface area (Å²) >= 11 is 0. The van der Waals surface area contributed by atoms with Gasteiger partial charge in [0.05, 0.1) is 22.6 Å². The molecule has 1 saturated heterocycles. The summed E-state index contributed by atoms with van der Waals surface area (Å²) in [4.78, 5) is 19.1. The highest BCUT2D eigenvalue weighted by Crippen LogP contribution is 2.27. The number of nitrogens with zero attached hydrogens (tertiary/aromatic N) is 5. The first kappa shape index (κ1) is 17.4. The molecular formula is C19H20FN5O2. The van der Waals surface area contributed by atoms with E-state index in [1.165, 1.54) is 18.5 Å². The van der Waals surface area contributed by atoms with Gasteiger partial charge in [0.1, 0.15) is 5.82 Å². The third-order valence-electron chi connectivity index (χ3n) is 5.10. The first-order chi connectivity index (χ1) is 13.0. The zero-order chi connectivity index (χ0) is 19.0. The van der Waals surface area contributed by atoms with Crippen molar-refractivity contribution in [1.29, 1.82) is 0 Å². The van der Waals surface area contributed by atoms with Gasteiger partial charge in [-0.05, 0) is 51.0 Å². The largest absolute Gasteiger partial charge is 0.343 e. The van der Waals surface area contributed by atoms with E-state index in [1.807, 2.05) is 18.7 Å². The van der Waals surface area contributed by atoms with Crippen LogP contribution in [-0.2, 0) is 0 Å². The molecule has 0 atom stereocenters. The monoisotopic (exact) mass is 369 g/mol. The molecule has 0 radical (unpaired) electrons. The summed E-state index contributed by atoms with van der Waals surface area (Å²) in [6.45, 7) is 4.96. The lowest BCUT2D eigenvalue weighted by Gasteiger charge is -2.30. The predicted octanol–water partition coefficient (Wildman–Crippen LogP) is 3.03. The van der Waals surface area contributed by atoms with E-state index in [1.54, 1.807) is 16.8 Å². The summed E-state index contributed by atoms with van der Waals surface area (Å²) < 4.78 is 19.7. The molecule has 1 aromatic carbocycles. The van der Waals surface area contributed by atoms with Crippen LogP contribution in [0.25, 0.3) is 5.69 Å². The van der Waals surface area contributed by atoms with E-state index in [2.05, 4.69) is 15.2 Å². The van der Waals surface area contributed by atoms with Gasteiger partial charge >= 0.3 is 0 Å². The van der Waals surface area contributed by atoms with E-state index < -0.39 is 0 Å². The van der Waals surface area contributed by atoms with Crippen molar-refractivity contribution in [3.05, 3.63) is 59.3 Å². The Morgan fingerprint density at radius 3 is 2.52 bits per heavy atom. The van der Waals surface area contributed by atoms with E-state index in [4.69, 9.17) is 4.52 Å². The Labute approximate surface area is 155 Å². The molecule has 0 aliphatic carbocycles. The van der Waals surface area contributed by atoms with E-state index in [9.17, 15) is 9.18 Å². The third-order valence-corrected chi connectivity index (χ3v) is 5.10. The van der Waals surface area contributed by atoms with Crippen molar-refractivity contribution in [3.63, 3.8) is 0 Å². The van der Waals surface area contributed by atoms with Crippen LogP contribution in [0.5, 0.6) is 0 Å². The summed E-state index contributed by atoms with van der Waals surface area (Å²) in [5.41, 5.74) is 2.76. The number of piperidine rings is 1. The van der Waals surface area contributed by atoms with Gasteiger partial charge in [0, 0.05) is 19.0 Å². The van der Waals surface area contributed by atoms with Gasteiger partial charge in [-0.2, -0.15) is 10.1 Å². The lowest BCUT2D eigenvalue weighted by molar-refractivity contribution is 0.0709. The molecule has 0 spiro atoms. The normalized spacial score (nSPS) is 15.3. The number of hydrogen-bond acceptors (Lipinski definition) is 5. The first-order valence-corrected chi connectivity index (χ1v) is 8.92. The Morgan fingerprint density at radius 1 is 1.19 bits per heavy atom. The fraction of sp³-hybridized carbons (Fsp3) is 0.368. The van der Waals surface area contributed by atoms with Gasteiger partial charge in [0.2, 0.25) is 6.39 Å². The van der Waals surface area contributed by atoms with Crippen molar-refractivity contribution in [2.24, 2.45) is 0 Å². The molecule has 0 saturated carbocycles. The fourth-order valence-corrected chi connectivity index (χ4v) is 3.64. The topological polar surface area (TPSA) is 77.0 Å². The van der Waals surface area contributed by atoms with E-state index in [0.29, 0.717) is 30.2 Å². The zero-order valence-corrected chi connectivity index (χ0v) is 15.2. The lowest BCUT2D eigenvalue weighted by atomic mass is 9.95. The minimum Gasteiger partial charge on any atom is -0.343 e. The van der Waals surface area contributed by atoms with Crippen LogP contribution in [0.4, 0.5) is 4.39 Å². The third kappa shape index (κ3) is 3.22. The second-order valence-corrected chi connectivity index (χ2v) is 6.79. The van der Waals surface area contributed by atoms with Gasteiger partial charge in [-0.15, -0.1) is 0 Å². The average molecular weight is 369 g/mol. The van der Waals surface area contributed by atoms with Crippen LogP contribution < -0.4 is 0 Å². The zero-order valence-electron chi connectivity index (χ0n) is 15.2.